The number of hydrogen-bond donors (Lipinski definition) is 1. The van der Waals surface area contributed by atoms with Gasteiger partial charge in [-0.2, -0.15) is 0 Å². The van der Waals surface area contributed by atoms with E-state index in [0.29, 0.717) is 68.8 Å². The molecule has 14 heteroatoms. The number of amides is 2. The molecule has 3 aromatic rings. The van der Waals surface area contributed by atoms with E-state index in [9.17, 15) is 19.7 Å². The van der Waals surface area contributed by atoms with Crippen molar-refractivity contribution in [1.82, 2.24) is 20.3 Å². The van der Waals surface area contributed by atoms with E-state index in [1.807, 2.05) is 48.5 Å². The molecule has 2 heterocycles. The van der Waals surface area contributed by atoms with E-state index >= 15 is 0 Å². The van der Waals surface area contributed by atoms with Gasteiger partial charge in [0, 0.05) is 44.7 Å². The van der Waals surface area contributed by atoms with Gasteiger partial charge in [0.1, 0.15) is 19.0 Å². The molecule has 1 atom stereocenters. The maximum atomic E-state index is 13.2. The second-order valence-electron chi connectivity index (χ2n) is 15.3. The Morgan fingerprint density at radius 1 is 0.925 bits per heavy atom. The molecule has 5 aliphatic rings. The third-order valence-electron chi connectivity index (χ3n) is 11.5. The van der Waals surface area contributed by atoms with Crippen molar-refractivity contribution < 1.29 is 33.2 Å². The average Bonchev–Trinajstić information content (AvgIpc) is 3.54. The van der Waals surface area contributed by atoms with Crippen molar-refractivity contribution in [2.24, 2.45) is 23.2 Å². The number of nitrogens with one attached hydrogen (secondary N) is 1. The first-order chi connectivity index (χ1) is 25.7. The molecule has 0 radical (unpaired) electrons. The number of nitrogens with zero attached hydrogens (tertiary/aromatic N) is 4. The first-order valence-corrected chi connectivity index (χ1v) is 19.1. The van der Waals surface area contributed by atoms with Crippen LogP contribution in [0.3, 0.4) is 0 Å². The minimum Gasteiger partial charge on any atom is -0.491 e. The number of halogens is 1. The Morgan fingerprint density at radius 2 is 1.51 bits per heavy atom. The highest BCUT2D eigenvalue weighted by molar-refractivity contribution is 6.30. The monoisotopic (exact) mass is 749 g/mol. The first kappa shape index (κ1) is 37.3. The van der Waals surface area contributed by atoms with Crippen molar-refractivity contribution >= 4 is 29.1 Å². The van der Waals surface area contributed by atoms with Crippen LogP contribution in [0, 0.1) is 40.2 Å². The topological polar surface area (TPSA) is 150 Å². The first-order valence-electron chi connectivity index (χ1n) is 18.7. The molecule has 0 spiro atoms. The third-order valence-corrected chi connectivity index (χ3v) is 11.7. The second kappa shape index (κ2) is 16.5. The Hall–Kier alpha value is -4.04. The number of nitro groups is 1. The summed E-state index contributed by atoms with van der Waals surface area (Å²) in [5, 5.41) is 19.0. The predicted molar refractivity (Wildman–Crippen MR) is 196 cm³/mol. The van der Waals surface area contributed by atoms with Gasteiger partial charge in [0.2, 0.25) is 17.4 Å². The highest BCUT2D eigenvalue weighted by Crippen LogP contribution is 2.59. The minimum absolute atomic E-state index is 0.00321. The van der Waals surface area contributed by atoms with Crippen molar-refractivity contribution in [2.45, 2.75) is 51.5 Å². The van der Waals surface area contributed by atoms with Crippen LogP contribution in [-0.2, 0) is 14.3 Å². The zero-order valence-corrected chi connectivity index (χ0v) is 30.9. The molecule has 284 valence electrons. The molecule has 5 fully saturated rings. The summed E-state index contributed by atoms with van der Waals surface area (Å²) in [5.41, 5.74) is 1.74. The lowest BCUT2D eigenvalue weighted by Gasteiger charge is -2.56. The summed E-state index contributed by atoms with van der Waals surface area (Å²) >= 11 is 6.21. The van der Waals surface area contributed by atoms with Crippen molar-refractivity contribution in [3.8, 4) is 5.75 Å². The van der Waals surface area contributed by atoms with Gasteiger partial charge in [0.05, 0.1) is 30.8 Å². The van der Waals surface area contributed by atoms with E-state index in [-0.39, 0.29) is 30.0 Å². The minimum atomic E-state index is -0.631. The molecule has 8 rings (SSSR count). The van der Waals surface area contributed by atoms with E-state index in [1.54, 1.807) is 4.90 Å². The molecule has 1 aliphatic heterocycles. The largest absolute Gasteiger partial charge is 0.491 e. The molecule has 4 aliphatic carbocycles. The molecule has 2 amide bonds. The van der Waals surface area contributed by atoms with Gasteiger partial charge in [-0.25, -0.2) is 0 Å². The summed E-state index contributed by atoms with van der Waals surface area (Å²) in [4.78, 5) is 40.3. The zero-order valence-electron chi connectivity index (χ0n) is 30.2. The smallest absolute Gasteiger partial charge is 0.344 e. The number of carbonyl (C=O) groups is 2. The summed E-state index contributed by atoms with van der Waals surface area (Å²) in [6.45, 7) is 5.54. The molecule has 2 aromatic carbocycles. The fourth-order valence-corrected chi connectivity index (χ4v) is 9.63. The average molecular weight is 750 g/mol. The Kier molecular flexibility index (Phi) is 11.6. The number of ether oxygens (including phenoxy) is 3. The lowest BCUT2D eigenvalue weighted by Crippen LogP contribution is -2.51. The summed E-state index contributed by atoms with van der Waals surface area (Å²) < 4.78 is 22.1. The second-order valence-corrected chi connectivity index (χ2v) is 15.7. The number of hydrogen-bond acceptors (Lipinski definition) is 10. The van der Waals surface area contributed by atoms with Crippen LogP contribution in [0.4, 0.5) is 5.69 Å². The number of benzene rings is 2. The number of aryl methyl sites for hydroxylation is 1. The van der Waals surface area contributed by atoms with Crippen LogP contribution in [0.2, 0.25) is 5.02 Å². The zero-order chi connectivity index (χ0) is 37.0. The van der Waals surface area contributed by atoms with Crippen LogP contribution >= 0.6 is 11.6 Å². The number of carbonyl (C=O) groups excluding carboxylic acids is 2. The van der Waals surface area contributed by atoms with E-state index in [1.165, 1.54) is 45.4 Å². The molecule has 4 saturated carbocycles. The van der Waals surface area contributed by atoms with Gasteiger partial charge in [0.15, 0.2) is 0 Å². The molecular weight excluding hydrogens is 702 g/mol. The number of rotatable bonds is 16. The van der Waals surface area contributed by atoms with Crippen LogP contribution in [0.1, 0.15) is 71.9 Å². The van der Waals surface area contributed by atoms with Crippen molar-refractivity contribution in [3.63, 3.8) is 0 Å². The number of piperazine rings is 1. The maximum absolute atomic E-state index is 13.2. The van der Waals surface area contributed by atoms with E-state index < -0.39 is 16.5 Å². The SMILES string of the molecule is Cc1onc(C(=O)N2CCN(C(c3ccc(Cl)cc3)c3ccc(OCCOCCOCC(=O)NCC45CC6CC(CC(C6)C4)C5)cc3)CC2)c1[N+](=O)[O-]. The van der Waals surface area contributed by atoms with E-state index in [0.717, 1.165) is 35.4 Å². The van der Waals surface area contributed by atoms with Gasteiger partial charge in [-0.1, -0.05) is 41.0 Å². The highest BCUT2D eigenvalue weighted by atomic mass is 35.5. The Morgan fingerprint density at radius 3 is 2.13 bits per heavy atom. The molecule has 4 bridgehead atoms. The lowest BCUT2D eigenvalue weighted by atomic mass is 9.49. The fraction of sp³-hybridized carbons (Fsp3) is 0.564. The van der Waals surface area contributed by atoms with Crippen molar-refractivity contribution in [2.75, 3.05) is 65.8 Å². The summed E-state index contributed by atoms with van der Waals surface area (Å²) in [7, 11) is 0. The van der Waals surface area contributed by atoms with E-state index in [4.69, 9.17) is 30.3 Å². The van der Waals surface area contributed by atoms with Gasteiger partial charge >= 0.3 is 5.69 Å². The molecule has 1 aromatic heterocycles. The molecule has 1 N–H and O–H groups in total. The summed E-state index contributed by atoms with van der Waals surface area (Å²) in [6.07, 6.45) is 8.02. The summed E-state index contributed by atoms with van der Waals surface area (Å²) in [5.74, 6) is 2.76. The summed E-state index contributed by atoms with van der Waals surface area (Å²) in [6, 6.07) is 15.5. The number of aromatic nitrogens is 1. The third kappa shape index (κ3) is 8.86. The van der Waals surface area contributed by atoms with Gasteiger partial charge in [0.25, 0.3) is 5.91 Å². The van der Waals surface area contributed by atoms with Crippen LogP contribution in [-0.4, -0.2) is 97.5 Å². The van der Waals surface area contributed by atoms with Crippen LogP contribution in [0.25, 0.3) is 0 Å². The quantitative estimate of drug-likeness (QED) is 0.108. The maximum Gasteiger partial charge on any atom is 0.344 e. The fourth-order valence-electron chi connectivity index (χ4n) is 9.51. The Bertz CT molecular complexity index is 1710. The normalized spacial score (nSPS) is 24.3. The highest BCUT2D eigenvalue weighted by Gasteiger charge is 2.50. The van der Waals surface area contributed by atoms with Crippen molar-refractivity contribution in [3.05, 3.63) is 86.2 Å². The molecular formula is C39H48ClN5O8. The van der Waals surface area contributed by atoms with Gasteiger partial charge in [-0.05, 0) is 97.1 Å². The lowest BCUT2D eigenvalue weighted by molar-refractivity contribution is -0.386. The van der Waals surface area contributed by atoms with Gasteiger partial charge in [-0.15, -0.1) is 0 Å². The Balaban J connectivity index is 0.833. The van der Waals surface area contributed by atoms with Gasteiger partial charge in [-0.3, -0.25) is 24.6 Å². The standard InChI is InChI=1S/C39H48ClN5O8/c1-26-36(45(48)49)35(42-53-26)38(47)44-12-10-43(11-13-44)37(30-2-6-32(40)7-3-30)31-4-8-33(9-5-31)52-17-16-50-14-15-51-24-34(46)41-25-39-21-27-18-28(22-39)20-29(19-27)23-39/h2-9,27-29,37H,10-25H2,1H3,(H,41,46). The van der Waals surface area contributed by atoms with Crippen LogP contribution in [0.15, 0.2) is 53.1 Å². The van der Waals surface area contributed by atoms with Crippen LogP contribution < -0.4 is 10.1 Å². The Labute approximate surface area is 314 Å². The molecule has 1 unspecified atom stereocenters. The van der Waals surface area contributed by atoms with E-state index in [2.05, 4.69) is 15.4 Å². The van der Waals surface area contributed by atoms with Gasteiger partial charge < -0.3 is 29.0 Å². The molecule has 1 saturated heterocycles. The molecule has 13 nitrogen and oxygen atoms in total. The van der Waals surface area contributed by atoms with Crippen molar-refractivity contribution in [1.29, 1.82) is 0 Å². The van der Waals surface area contributed by atoms with Crippen LogP contribution in [0.5, 0.6) is 5.75 Å². The predicted octanol–water partition coefficient (Wildman–Crippen LogP) is 5.84. The molecule has 53 heavy (non-hydrogen) atoms.